The van der Waals surface area contributed by atoms with E-state index in [4.69, 9.17) is 0 Å². The molecule has 1 fully saturated rings. The van der Waals surface area contributed by atoms with E-state index in [1.54, 1.807) is 29.2 Å². The second-order valence-corrected chi connectivity index (χ2v) is 14.3. The number of carbonyl (C=O) groups is 1. The fourth-order valence-electron chi connectivity index (χ4n) is 4.48. The lowest BCUT2D eigenvalue weighted by molar-refractivity contribution is 0.0983. The minimum Gasteiger partial charge on any atom is -0.302 e. The van der Waals surface area contributed by atoms with Gasteiger partial charge < -0.3 is 4.90 Å². The maximum Gasteiger partial charge on any atom is 0.260 e. The molecule has 0 spiro atoms. The van der Waals surface area contributed by atoms with Crippen molar-refractivity contribution in [3.8, 4) is 0 Å². The Morgan fingerprint density at radius 3 is 2.13 bits per heavy atom. The Hall–Kier alpha value is -2.09. The van der Waals surface area contributed by atoms with E-state index in [0.29, 0.717) is 47.1 Å². The Bertz CT molecular complexity index is 1500. The molecule has 1 aliphatic rings. The van der Waals surface area contributed by atoms with Crippen LogP contribution in [0.15, 0.2) is 52.3 Å². The summed E-state index contributed by atoms with van der Waals surface area (Å²) in [7, 11) is -6.97. The third kappa shape index (κ3) is 7.17. The monoisotopic (exact) mass is 614 g/mol. The highest BCUT2D eigenvalue weighted by atomic mass is 35.5. The third-order valence-corrected chi connectivity index (χ3v) is 10.9. The average molecular weight is 615 g/mol. The van der Waals surface area contributed by atoms with Crippen molar-refractivity contribution in [3.63, 3.8) is 0 Å². The van der Waals surface area contributed by atoms with Gasteiger partial charge >= 0.3 is 0 Å². The number of hydrogen-bond donors (Lipinski definition) is 0. The van der Waals surface area contributed by atoms with E-state index in [1.807, 2.05) is 0 Å². The lowest BCUT2D eigenvalue weighted by atomic mass is 10.2. The maximum atomic E-state index is 13.7. The zero-order chi connectivity index (χ0) is 27.5. The fourth-order valence-corrected chi connectivity index (χ4v) is 7.75. The molecule has 39 heavy (non-hydrogen) atoms. The van der Waals surface area contributed by atoms with Crippen LogP contribution >= 0.6 is 23.7 Å². The summed E-state index contributed by atoms with van der Waals surface area (Å²) in [5, 5.41) is 0.466. The van der Waals surface area contributed by atoms with Gasteiger partial charge in [0, 0.05) is 38.0 Å². The number of amides is 1. The van der Waals surface area contributed by atoms with Gasteiger partial charge in [-0.3, -0.25) is 9.69 Å². The summed E-state index contributed by atoms with van der Waals surface area (Å²) < 4.78 is 52.3. The number of fused-ring (bicyclic) bond motifs is 1. The van der Waals surface area contributed by atoms with Crippen LogP contribution in [0, 0.1) is 0 Å². The Morgan fingerprint density at radius 2 is 1.54 bits per heavy atom. The van der Waals surface area contributed by atoms with Crippen LogP contribution in [0.5, 0.6) is 0 Å². The van der Waals surface area contributed by atoms with E-state index < -0.39 is 19.9 Å². The molecule has 3 aromatic rings. The smallest absolute Gasteiger partial charge is 0.260 e. The zero-order valence-corrected chi connectivity index (χ0v) is 25.6. The largest absolute Gasteiger partial charge is 0.302 e. The van der Waals surface area contributed by atoms with E-state index in [9.17, 15) is 21.6 Å². The van der Waals surface area contributed by atoms with Crippen molar-refractivity contribution < 1.29 is 21.6 Å². The normalized spacial score (nSPS) is 14.9. The number of anilines is 1. The number of sulfonamides is 1. The van der Waals surface area contributed by atoms with Crippen molar-refractivity contribution in [2.75, 3.05) is 50.4 Å². The first-order chi connectivity index (χ1) is 18.0. The third-order valence-electron chi connectivity index (χ3n) is 6.84. The molecule has 13 heteroatoms. The summed E-state index contributed by atoms with van der Waals surface area (Å²) in [4.78, 5) is 22.5. The van der Waals surface area contributed by atoms with Gasteiger partial charge in [-0.05, 0) is 68.4 Å². The SMILES string of the molecule is CCN(CC)CCN(C(=O)c1ccc(S(=O)(=O)N2CCCCC2)cc1)c1nc2ccc(S(C)(=O)=O)cc2s1.Cl. The summed E-state index contributed by atoms with van der Waals surface area (Å²) in [6.07, 6.45) is 3.89. The van der Waals surface area contributed by atoms with E-state index in [0.717, 1.165) is 38.6 Å². The number of thiazole rings is 1. The molecule has 2 heterocycles. The summed E-state index contributed by atoms with van der Waals surface area (Å²) in [6.45, 7) is 7.82. The van der Waals surface area contributed by atoms with Crippen LogP contribution < -0.4 is 4.90 Å². The number of halogens is 1. The molecular formula is C26H35ClN4O5S3. The van der Waals surface area contributed by atoms with Gasteiger partial charge in [-0.15, -0.1) is 12.4 Å². The molecule has 2 aromatic carbocycles. The lowest BCUT2D eigenvalue weighted by Gasteiger charge is -2.26. The minimum absolute atomic E-state index is 0. The minimum atomic E-state index is -3.60. The van der Waals surface area contributed by atoms with Gasteiger partial charge in [0.25, 0.3) is 5.91 Å². The van der Waals surface area contributed by atoms with Crippen LogP contribution in [-0.2, 0) is 19.9 Å². The number of rotatable bonds is 10. The molecule has 0 bridgehead atoms. The topological polar surface area (TPSA) is 108 Å². The summed E-state index contributed by atoms with van der Waals surface area (Å²) in [5.74, 6) is -0.290. The van der Waals surface area contributed by atoms with Crippen LogP contribution in [0.4, 0.5) is 5.13 Å². The summed E-state index contributed by atoms with van der Waals surface area (Å²) >= 11 is 1.26. The van der Waals surface area contributed by atoms with Crippen LogP contribution in [0.25, 0.3) is 10.2 Å². The molecule has 0 aliphatic carbocycles. The molecule has 0 saturated carbocycles. The zero-order valence-electron chi connectivity index (χ0n) is 22.4. The highest BCUT2D eigenvalue weighted by Gasteiger charge is 2.27. The second kappa shape index (κ2) is 13.0. The summed E-state index contributed by atoms with van der Waals surface area (Å²) in [6, 6.07) is 10.9. The molecule has 0 radical (unpaired) electrons. The van der Waals surface area contributed by atoms with Gasteiger partial charge in [0.05, 0.1) is 20.0 Å². The molecular weight excluding hydrogens is 580 g/mol. The van der Waals surface area contributed by atoms with Gasteiger partial charge in [-0.25, -0.2) is 21.8 Å². The number of carbonyl (C=O) groups excluding carboxylic acids is 1. The Balaban J connectivity index is 0.00000420. The van der Waals surface area contributed by atoms with Crippen LogP contribution in [0.1, 0.15) is 43.5 Å². The van der Waals surface area contributed by atoms with Crippen LogP contribution in [-0.4, -0.2) is 82.5 Å². The molecule has 4 rings (SSSR count). The quantitative estimate of drug-likeness (QED) is 0.335. The molecule has 0 atom stereocenters. The number of hydrogen-bond acceptors (Lipinski definition) is 8. The first-order valence-corrected chi connectivity index (χ1v) is 16.9. The number of nitrogens with zero attached hydrogens (tertiary/aromatic N) is 4. The Labute approximate surface area is 241 Å². The van der Waals surface area contributed by atoms with Gasteiger partial charge in [0.15, 0.2) is 15.0 Å². The first-order valence-electron chi connectivity index (χ1n) is 12.8. The van der Waals surface area contributed by atoms with Crippen molar-refractivity contribution >= 4 is 64.9 Å². The average Bonchev–Trinajstić information content (AvgIpc) is 3.34. The van der Waals surface area contributed by atoms with Gasteiger partial charge in [0.2, 0.25) is 10.0 Å². The standard InChI is InChI=1S/C26H34N4O5S3.ClH/c1-4-28(5-2)17-18-30(26-27-23-14-13-22(37(3,32)33)19-24(23)36-26)25(31)20-9-11-21(12-10-20)38(34,35)29-15-7-6-8-16-29;/h9-14,19H,4-8,15-18H2,1-3H3;1H. The Kier molecular flexibility index (Phi) is 10.5. The number of sulfone groups is 1. The van der Waals surface area contributed by atoms with Gasteiger partial charge in [0.1, 0.15) is 0 Å². The van der Waals surface area contributed by atoms with Crippen molar-refractivity contribution in [2.24, 2.45) is 0 Å². The van der Waals surface area contributed by atoms with Crippen molar-refractivity contribution in [2.45, 2.75) is 42.9 Å². The number of benzene rings is 2. The lowest BCUT2D eigenvalue weighted by Crippen LogP contribution is -2.39. The predicted molar refractivity (Wildman–Crippen MR) is 158 cm³/mol. The molecule has 1 aromatic heterocycles. The van der Waals surface area contributed by atoms with Crippen molar-refractivity contribution in [1.82, 2.24) is 14.2 Å². The molecule has 1 amide bonds. The van der Waals surface area contributed by atoms with E-state index >= 15 is 0 Å². The van der Waals surface area contributed by atoms with Crippen molar-refractivity contribution in [3.05, 3.63) is 48.0 Å². The van der Waals surface area contributed by atoms with Crippen LogP contribution in [0.2, 0.25) is 0 Å². The summed E-state index contributed by atoms with van der Waals surface area (Å²) in [5.41, 5.74) is 0.972. The molecule has 0 N–H and O–H groups in total. The molecule has 1 aliphatic heterocycles. The van der Waals surface area contributed by atoms with E-state index in [2.05, 4.69) is 23.7 Å². The fraction of sp³-hybridized carbons (Fsp3) is 0.462. The number of piperidine rings is 1. The van der Waals surface area contributed by atoms with E-state index in [-0.39, 0.29) is 28.1 Å². The molecule has 9 nitrogen and oxygen atoms in total. The number of aromatic nitrogens is 1. The highest BCUT2D eigenvalue weighted by Crippen LogP contribution is 2.32. The van der Waals surface area contributed by atoms with Crippen LogP contribution in [0.3, 0.4) is 0 Å². The van der Waals surface area contributed by atoms with E-state index in [1.165, 1.54) is 33.8 Å². The van der Waals surface area contributed by atoms with Gasteiger partial charge in [-0.1, -0.05) is 31.6 Å². The Morgan fingerprint density at radius 1 is 0.923 bits per heavy atom. The molecule has 214 valence electrons. The molecule has 1 saturated heterocycles. The second-order valence-electron chi connectivity index (χ2n) is 9.37. The first kappa shape index (κ1) is 31.4. The number of likely N-dealkylation sites (N-methyl/N-ethyl adjacent to an activating group) is 1. The van der Waals surface area contributed by atoms with Gasteiger partial charge in [-0.2, -0.15) is 4.31 Å². The maximum absolute atomic E-state index is 13.7. The van der Waals surface area contributed by atoms with Crippen molar-refractivity contribution in [1.29, 1.82) is 0 Å². The highest BCUT2D eigenvalue weighted by molar-refractivity contribution is 7.90. The molecule has 0 unspecified atom stereocenters. The predicted octanol–water partition coefficient (Wildman–Crippen LogP) is 4.28.